The fourth-order valence-corrected chi connectivity index (χ4v) is 7.68. The molecule has 10 aromatic rings. The van der Waals surface area contributed by atoms with Gasteiger partial charge in [0.25, 0.3) is 0 Å². The van der Waals surface area contributed by atoms with E-state index >= 15 is 0 Å². The van der Waals surface area contributed by atoms with Crippen LogP contribution in [0.2, 0.25) is 0 Å². The van der Waals surface area contributed by atoms with E-state index in [2.05, 4.69) is 78.9 Å². The topological polar surface area (TPSA) is 65.0 Å². The summed E-state index contributed by atoms with van der Waals surface area (Å²) in [6.45, 7) is 0. The van der Waals surface area contributed by atoms with Crippen LogP contribution in [0.1, 0.15) is 11.1 Å². The van der Waals surface area contributed by atoms with Gasteiger partial charge < -0.3 is 8.83 Å². The summed E-state index contributed by atoms with van der Waals surface area (Å²) in [6.07, 6.45) is 0.908. The molecule has 1 aliphatic carbocycles. The van der Waals surface area contributed by atoms with Gasteiger partial charge in [0.05, 0.1) is 11.1 Å². The summed E-state index contributed by atoms with van der Waals surface area (Å²) in [5.41, 5.74) is 10.9. The number of hydrogen-bond donors (Lipinski definition) is 0. The third-order valence-electron chi connectivity index (χ3n) is 9.96. The molecule has 0 fully saturated rings. The first-order chi connectivity index (χ1) is 24.3. The molecule has 0 atom stereocenters. The molecular weight excluding hydrogens is 603 g/mol. The number of benzene rings is 7. The normalized spacial score (nSPS) is 12.4. The predicted molar refractivity (Wildman–Crippen MR) is 196 cm³/mol. The lowest BCUT2D eigenvalue weighted by atomic mass is 9.97. The van der Waals surface area contributed by atoms with Crippen LogP contribution in [0.25, 0.3) is 99.9 Å². The molecule has 0 aliphatic heterocycles. The summed E-state index contributed by atoms with van der Waals surface area (Å²) in [5, 5.41) is 6.67. The van der Waals surface area contributed by atoms with Gasteiger partial charge in [-0.1, -0.05) is 109 Å². The Morgan fingerprint density at radius 1 is 0.408 bits per heavy atom. The van der Waals surface area contributed by atoms with Crippen molar-refractivity contribution in [3.63, 3.8) is 0 Å². The van der Waals surface area contributed by atoms with E-state index in [4.69, 9.17) is 23.8 Å². The van der Waals surface area contributed by atoms with Gasteiger partial charge in [-0.3, -0.25) is 0 Å². The summed E-state index contributed by atoms with van der Waals surface area (Å²) in [6, 6.07) is 48.3. The second-order valence-corrected chi connectivity index (χ2v) is 12.7. The Morgan fingerprint density at radius 2 is 0.959 bits per heavy atom. The molecule has 0 N–H and O–H groups in total. The van der Waals surface area contributed by atoms with Crippen molar-refractivity contribution < 1.29 is 8.83 Å². The molecule has 228 valence electrons. The molecule has 0 spiro atoms. The number of hydrogen-bond acceptors (Lipinski definition) is 5. The molecule has 7 aromatic carbocycles. The first kappa shape index (κ1) is 26.5. The summed E-state index contributed by atoms with van der Waals surface area (Å²) in [4.78, 5) is 15.5. The third-order valence-corrected chi connectivity index (χ3v) is 9.96. The van der Waals surface area contributed by atoms with Crippen molar-refractivity contribution in [3.8, 4) is 45.3 Å². The highest BCUT2D eigenvalue weighted by Gasteiger charge is 2.24. The average Bonchev–Trinajstić information content (AvgIpc) is 3.85. The minimum absolute atomic E-state index is 0.545. The van der Waals surface area contributed by atoms with Crippen LogP contribution < -0.4 is 0 Å². The Hall–Kier alpha value is -6.59. The number of para-hydroxylation sites is 4. The van der Waals surface area contributed by atoms with Crippen molar-refractivity contribution in [2.75, 3.05) is 0 Å². The van der Waals surface area contributed by atoms with E-state index in [9.17, 15) is 0 Å². The fourth-order valence-electron chi connectivity index (χ4n) is 7.68. The maximum absolute atomic E-state index is 6.46. The Morgan fingerprint density at radius 3 is 1.63 bits per heavy atom. The van der Waals surface area contributed by atoms with E-state index in [1.807, 2.05) is 60.7 Å². The van der Waals surface area contributed by atoms with Gasteiger partial charge in [0.2, 0.25) is 0 Å². The lowest BCUT2D eigenvalue weighted by Crippen LogP contribution is -2.01. The van der Waals surface area contributed by atoms with Crippen LogP contribution in [0, 0.1) is 0 Å². The minimum Gasteiger partial charge on any atom is -0.455 e. The zero-order valence-electron chi connectivity index (χ0n) is 26.1. The highest BCUT2D eigenvalue weighted by atomic mass is 16.3. The van der Waals surface area contributed by atoms with Crippen molar-refractivity contribution in [1.29, 1.82) is 0 Å². The van der Waals surface area contributed by atoms with E-state index in [-0.39, 0.29) is 0 Å². The van der Waals surface area contributed by atoms with E-state index in [0.29, 0.717) is 17.5 Å². The van der Waals surface area contributed by atoms with Crippen molar-refractivity contribution in [1.82, 2.24) is 15.0 Å². The summed E-state index contributed by atoms with van der Waals surface area (Å²) >= 11 is 0. The molecule has 0 saturated carbocycles. The SMILES string of the molecule is c1ccc2c3c(ccc2c1)Cc1ccc(-c2nc(-c4cccc5c4oc4ccccc45)nc(-c4cccc5c4oc4ccccc45)n2)cc1-3. The Balaban J connectivity index is 1.17. The van der Waals surface area contributed by atoms with E-state index in [1.165, 1.54) is 33.0 Å². The Bertz CT molecular complexity index is 2860. The van der Waals surface area contributed by atoms with E-state index in [0.717, 1.165) is 67.0 Å². The van der Waals surface area contributed by atoms with Crippen molar-refractivity contribution in [2.45, 2.75) is 6.42 Å². The van der Waals surface area contributed by atoms with Crippen LogP contribution in [0.3, 0.4) is 0 Å². The number of fused-ring (bicyclic) bond motifs is 11. The smallest absolute Gasteiger partial charge is 0.167 e. The minimum atomic E-state index is 0.545. The lowest BCUT2D eigenvalue weighted by molar-refractivity contribution is 0.669. The highest BCUT2D eigenvalue weighted by molar-refractivity contribution is 6.10. The van der Waals surface area contributed by atoms with Crippen molar-refractivity contribution in [3.05, 3.63) is 151 Å². The number of rotatable bonds is 3. The second-order valence-electron chi connectivity index (χ2n) is 12.7. The van der Waals surface area contributed by atoms with Gasteiger partial charge in [0.15, 0.2) is 17.5 Å². The van der Waals surface area contributed by atoms with Gasteiger partial charge in [-0.25, -0.2) is 15.0 Å². The molecule has 0 saturated heterocycles. The summed E-state index contributed by atoms with van der Waals surface area (Å²) in [7, 11) is 0. The van der Waals surface area contributed by atoms with Crippen LogP contribution in [0.5, 0.6) is 0 Å². The summed E-state index contributed by atoms with van der Waals surface area (Å²) in [5.74, 6) is 1.69. The molecule has 3 heterocycles. The lowest BCUT2D eigenvalue weighted by Gasteiger charge is -2.11. The molecule has 0 bridgehead atoms. The maximum Gasteiger partial charge on any atom is 0.167 e. The van der Waals surface area contributed by atoms with Crippen LogP contribution >= 0.6 is 0 Å². The third kappa shape index (κ3) is 3.90. The fraction of sp³-hybridized carbons (Fsp3) is 0.0227. The van der Waals surface area contributed by atoms with E-state index in [1.54, 1.807) is 0 Å². The number of nitrogens with zero attached hydrogens (tertiary/aromatic N) is 3. The molecule has 5 nitrogen and oxygen atoms in total. The zero-order chi connectivity index (χ0) is 32.1. The van der Waals surface area contributed by atoms with Gasteiger partial charge in [-0.15, -0.1) is 0 Å². The van der Waals surface area contributed by atoms with Gasteiger partial charge in [-0.05, 0) is 69.8 Å². The van der Waals surface area contributed by atoms with Crippen LogP contribution in [-0.2, 0) is 6.42 Å². The number of aromatic nitrogens is 3. The van der Waals surface area contributed by atoms with Gasteiger partial charge in [0, 0.05) is 27.1 Å². The Labute approximate surface area is 280 Å². The molecule has 0 unspecified atom stereocenters. The first-order valence-corrected chi connectivity index (χ1v) is 16.5. The number of furan rings is 2. The standard InChI is InChI=1S/C44H25N3O2/c1-2-10-29-25(9-1)19-21-27-23-26-20-22-28(24-36(26)39(27)29)42-45-43(34-15-7-13-32-30-11-3-5-17-37(30)48-40(32)34)47-44(46-42)35-16-8-14-33-31-12-4-6-18-38(31)49-41(33)35/h1-22,24H,23H2. The van der Waals surface area contributed by atoms with Crippen LogP contribution in [-0.4, -0.2) is 15.0 Å². The monoisotopic (exact) mass is 627 g/mol. The van der Waals surface area contributed by atoms with Gasteiger partial charge >= 0.3 is 0 Å². The van der Waals surface area contributed by atoms with Crippen LogP contribution in [0.15, 0.2) is 148 Å². The average molecular weight is 628 g/mol. The quantitative estimate of drug-likeness (QED) is 0.195. The van der Waals surface area contributed by atoms with Gasteiger partial charge in [0.1, 0.15) is 22.3 Å². The highest BCUT2D eigenvalue weighted by Crippen LogP contribution is 2.44. The molecule has 1 aliphatic rings. The van der Waals surface area contributed by atoms with Gasteiger partial charge in [-0.2, -0.15) is 0 Å². The maximum atomic E-state index is 6.46. The largest absolute Gasteiger partial charge is 0.455 e. The second kappa shape index (κ2) is 9.96. The zero-order valence-corrected chi connectivity index (χ0v) is 26.1. The van der Waals surface area contributed by atoms with Crippen LogP contribution in [0.4, 0.5) is 0 Å². The molecule has 5 heteroatoms. The van der Waals surface area contributed by atoms with E-state index < -0.39 is 0 Å². The molecule has 0 amide bonds. The molecule has 49 heavy (non-hydrogen) atoms. The molecule has 11 rings (SSSR count). The molecule has 0 radical (unpaired) electrons. The molecule has 3 aromatic heterocycles. The van der Waals surface area contributed by atoms with Crippen molar-refractivity contribution >= 4 is 54.6 Å². The summed E-state index contributed by atoms with van der Waals surface area (Å²) < 4.78 is 12.9. The first-order valence-electron chi connectivity index (χ1n) is 16.5. The predicted octanol–water partition coefficient (Wildman–Crippen LogP) is 11.4. The van der Waals surface area contributed by atoms with Crippen molar-refractivity contribution in [2.24, 2.45) is 0 Å². The Kier molecular flexibility index (Phi) is 5.38. The molecular formula is C44H25N3O2.